The fourth-order valence-electron chi connectivity index (χ4n) is 1.01. The highest BCUT2D eigenvalue weighted by Crippen LogP contribution is 2.30. The van der Waals surface area contributed by atoms with E-state index in [4.69, 9.17) is 5.11 Å². The molecular weight excluding hydrogens is 196 g/mol. The van der Waals surface area contributed by atoms with Gasteiger partial charge in [-0.25, -0.2) is 18.6 Å². The van der Waals surface area contributed by atoms with E-state index in [1.54, 1.807) is 0 Å². The first-order valence-electron chi connectivity index (χ1n) is 3.62. The Morgan fingerprint density at radius 1 is 1.64 bits per heavy atom. The molecule has 1 N–H and O–H groups in total. The number of carboxylic acids is 1. The van der Waals surface area contributed by atoms with Crippen LogP contribution in [0.5, 0.6) is 5.75 Å². The second-order valence-corrected chi connectivity index (χ2v) is 2.38. The molecule has 0 atom stereocenters. The number of methoxy groups -OCH3 is 1. The molecule has 1 heterocycles. The molecule has 0 aliphatic carbocycles. The molecule has 0 saturated heterocycles. The molecular formula is C8H7F2NO3. The summed E-state index contributed by atoms with van der Waals surface area (Å²) in [6.07, 6.45) is -1.82. The Bertz CT molecular complexity index is 354. The van der Waals surface area contributed by atoms with Crippen LogP contribution in [0.15, 0.2) is 12.3 Å². The summed E-state index contributed by atoms with van der Waals surface area (Å²) in [5.74, 6) is -1.67. The topological polar surface area (TPSA) is 59.4 Å². The minimum absolute atomic E-state index is 0.174. The van der Waals surface area contributed by atoms with Crippen LogP contribution in [0.4, 0.5) is 8.78 Å². The van der Waals surface area contributed by atoms with E-state index in [2.05, 4.69) is 9.72 Å². The molecule has 6 heteroatoms. The van der Waals surface area contributed by atoms with Crippen molar-refractivity contribution < 1.29 is 23.4 Å². The van der Waals surface area contributed by atoms with Crippen molar-refractivity contribution in [1.82, 2.24) is 4.98 Å². The number of alkyl halides is 2. The normalized spacial score (nSPS) is 10.3. The molecule has 0 unspecified atom stereocenters. The van der Waals surface area contributed by atoms with Crippen LogP contribution in [0, 0.1) is 0 Å². The minimum atomic E-state index is -2.93. The Kier molecular flexibility index (Phi) is 2.95. The number of nitrogens with zero attached hydrogens (tertiary/aromatic N) is 1. The van der Waals surface area contributed by atoms with Gasteiger partial charge >= 0.3 is 5.97 Å². The first-order chi connectivity index (χ1) is 6.57. The van der Waals surface area contributed by atoms with E-state index < -0.39 is 23.7 Å². The van der Waals surface area contributed by atoms with E-state index in [0.29, 0.717) is 0 Å². The zero-order valence-electron chi connectivity index (χ0n) is 7.20. The van der Waals surface area contributed by atoms with Gasteiger partial charge in [0.15, 0.2) is 5.69 Å². The van der Waals surface area contributed by atoms with Gasteiger partial charge in [-0.1, -0.05) is 0 Å². The highest BCUT2D eigenvalue weighted by atomic mass is 19.3. The van der Waals surface area contributed by atoms with Gasteiger partial charge in [0.1, 0.15) is 5.75 Å². The predicted molar refractivity (Wildman–Crippen MR) is 42.7 cm³/mol. The third kappa shape index (κ3) is 1.78. The lowest BCUT2D eigenvalue weighted by atomic mass is 10.2. The van der Waals surface area contributed by atoms with Crippen LogP contribution in [0.2, 0.25) is 0 Å². The van der Waals surface area contributed by atoms with Crippen LogP contribution in [-0.2, 0) is 0 Å². The Balaban J connectivity index is 3.35. The molecule has 1 rings (SSSR count). The van der Waals surface area contributed by atoms with Crippen molar-refractivity contribution in [1.29, 1.82) is 0 Å². The molecule has 4 nitrogen and oxygen atoms in total. The summed E-state index contributed by atoms with van der Waals surface area (Å²) in [5, 5.41) is 8.58. The number of hydrogen-bond donors (Lipinski definition) is 1. The molecule has 0 bridgehead atoms. The van der Waals surface area contributed by atoms with Crippen LogP contribution >= 0.6 is 0 Å². The Morgan fingerprint density at radius 2 is 2.29 bits per heavy atom. The average molecular weight is 203 g/mol. The molecule has 1 aromatic heterocycles. The van der Waals surface area contributed by atoms with Crippen molar-refractivity contribution in [2.24, 2.45) is 0 Å². The SMILES string of the molecule is COc1ccnc(C(=O)O)c1C(F)F. The quantitative estimate of drug-likeness (QED) is 0.812. The number of ether oxygens (including phenoxy) is 1. The van der Waals surface area contributed by atoms with Gasteiger partial charge in [-0.15, -0.1) is 0 Å². The molecule has 76 valence electrons. The van der Waals surface area contributed by atoms with Crippen molar-refractivity contribution in [3.05, 3.63) is 23.5 Å². The van der Waals surface area contributed by atoms with E-state index in [9.17, 15) is 13.6 Å². The number of hydrogen-bond acceptors (Lipinski definition) is 3. The second kappa shape index (κ2) is 3.99. The Labute approximate surface area is 78.1 Å². The lowest BCUT2D eigenvalue weighted by Crippen LogP contribution is -2.07. The number of aromatic carboxylic acids is 1. The number of rotatable bonds is 3. The van der Waals surface area contributed by atoms with Crippen molar-refractivity contribution in [2.75, 3.05) is 7.11 Å². The summed E-state index contributed by atoms with van der Waals surface area (Å²) in [4.78, 5) is 13.9. The number of carbonyl (C=O) groups is 1. The number of halogens is 2. The van der Waals surface area contributed by atoms with Crippen LogP contribution in [0.1, 0.15) is 22.5 Å². The monoisotopic (exact) mass is 203 g/mol. The van der Waals surface area contributed by atoms with Gasteiger partial charge in [0.25, 0.3) is 6.43 Å². The Morgan fingerprint density at radius 3 is 2.71 bits per heavy atom. The number of carboxylic acid groups (broad SMARTS) is 1. The summed E-state index contributed by atoms with van der Waals surface area (Å²) in [7, 11) is 1.19. The maximum atomic E-state index is 12.5. The van der Waals surface area contributed by atoms with Crippen molar-refractivity contribution in [3.63, 3.8) is 0 Å². The first-order valence-corrected chi connectivity index (χ1v) is 3.62. The van der Waals surface area contributed by atoms with Gasteiger partial charge in [-0.05, 0) is 6.07 Å². The van der Waals surface area contributed by atoms with E-state index in [1.165, 1.54) is 13.2 Å². The molecule has 1 aromatic rings. The number of pyridine rings is 1. The summed E-state index contributed by atoms with van der Waals surface area (Å²) in [6, 6.07) is 1.19. The third-order valence-corrected chi connectivity index (χ3v) is 1.59. The van der Waals surface area contributed by atoms with Gasteiger partial charge in [-0.3, -0.25) is 0 Å². The maximum Gasteiger partial charge on any atom is 0.355 e. The molecule has 0 fully saturated rings. The van der Waals surface area contributed by atoms with Crippen LogP contribution in [0.25, 0.3) is 0 Å². The molecule has 0 aliphatic rings. The van der Waals surface area contributed by atoms with E-state index in [-0.39, 0.29) is 5.75 Å². The maximum absolute atomic E-state index is 12.5. The smallest absolute Gasteiger partial charge is 0.355 e. The van der Waals surface area contributed by atoms with Gasteiger partial charge in [0.2, 0.25) is 0 Å². The molecule has 0 saturated carbocycles. The zero-order chi connectivity index (χ0) is 10.7. The summed E-state index contributed by atoms with van der Waals surface area (Å²) >= 11 is 0. The van der Waals surface area contributed by atoms with Gasteiger partial charge in [0.05, 0.1) is 12.7 Å². The van der Waals surface area contributed by atoms with Crippen molar-refractivity contribution >= 4 is 5.97 Å². The molecule has 0 radical (unpaired) electrons. The molecule has 0 spiro atoms. The van der Waals surface area contributed by atoms with E-state index in [1.807, 2.05) is 0 Å². The van der Waals surface area contributed by atoms with Crippen molar-refractivity contribution in [3.8, 4) is 5.75 Å². The fourth-order valence-corrected chi connectivity index (χ4v) is 1.01. The number of aromatic nitrogens is 1. The minimum Gasteiger partial charge on any atom is -0.496 e. The lowest BCUT2D eigenvalue weighted by molar-refractivity contribution is 0.0675. The van der Waals surface area contributed by atoms with Gasteiger partial charge in [0, 0.05) is 6.20 Å². The third-order valence-electron chi connectivity index (χ3n) is 1.59. The molecule has 0 aromatic carbocycles. The summed E-state index contributed by atoms with van der Waals surface area (Å²) < 4.78 is 29.5. The van der Waals surface area contributed by atoms with Crippen LogP contribution in [0.3, 0.4) is 0 Å². The summed E-state index contributed by atoms with van der Waals surface area (Å²) in [5.41, 5.74) is -1.37. The molecule has 0 aliphatic heterocycles. The average Bonchev–Trinajstić information content (AvgIpc) is 2.16. The van der Waals surface area contributed by atoms with Crippen LogP contribution in [-0.4, -0.2) is 23.2 Å². The van der Waals surface area contributed by atoms with E-state index in [0.717, 1.165) is 6.20 Å². The highest BCUT2D eigenvalue weighted by Gasteiger charge is 2.23. The Hall–Kier alpha value is -1.72. The first kappa shape index (κ1) is 10.4. The lowest BCUT2D eigenvalue weighted by Gasteiger charge is -2.08. The zero-order valence-corrected chi connectivity index (χ0v) is 7.20. The molecule has 14 heavy (non-hydrogen) atoms. The predicted octanol–water partition coefficient (Wildman–Crippen LogP) is 1.73. The van der Waals surface area contributed by atoms with Crippen molar-refractivity contribution in [2.45, 2.75) is 6.43 Å². The summed E-state index contributed by atoms with van der Waals surface area (Å²) in [6.45, 7) is 0. The largest absolute Gasteiger partial charge is 0.496 e. The van der Waals surface area contributed by atoms with E-state index >= 15 is 0 Å². The molecule has 0 amide bonds. The van der Waals surface area contributed by atoms with Gasteiger partial charge in [-0.2, -0.15) is 0 Å². The standard InChI is InChI=1S/C8H7F2NO3/c1-14-4-2-3-11-6(8(12)13)5(4)7(9)10/h2-3,7H,1H3,(H,12,13). The second-order valence-electron chi connectivity index (χ2n) is 2.38. The fraction of sp³-hybridized carbons (Fsp3) is 0.250. The highest BCUT2D eigenvalue weighted by molar-refractivity contribution is 5.88. The van der Waals surface area contributed by atoms with Crippen LogP contribution < -0.4 is 4.74 Å². The van der Waals surface area contributed by atoms with Gasteiger partial charge < -0.3 is 9.84 Å².